The number of quaternary nitrogens is 1. The third-order valence-corrected chi connectivity index (χ3v) is 14.9. The summed E-state index contributed by atoms with van der Waals surface area (Å²) in [5.41, 5.74) is 0. The van der Waals surface area contributed by atoms with Gasteiger partial charge in [-0.15, -0.1) is 0 Å². The second-order valence-electron chi connectivity index (χ2n) is 22.2. The smallest absolute Gasteiger partial charge is 0.306 e. The van der Waals surface area contributed by atoms with Crippen molar-refractivity contribution in [1.82, 2.24) is 5.32 Å². The van der Waals surface area contributed by atoms with Crippen molar-refractivity contribution < 1.29 is 37.3 Å². The van der Waals surface area contributed by atoms with Crippen LogP contribution in [-0.4, -0.2) is 69.4 Å². The Hall–Kier alpha value is -1.25. The SMILES string of the molecule is CCCCCCCCCCCC/C=C\C(OC(=O)CCCCCCCCCCCCC)C(COP(=O)([O-])OCC[N+](C)(C)C)NC(=O)CCCCCCCCCCCCCCCCCCCCCCC. The first-order chi connectivity index (χ1) is 33.9. The van der Waals surface area contributed by atoms with Gasteiger partial charge in [-0.05, 0) is 31.8 Å². The number of carbonyl (C=O) groups is 2. The number of likely N-dealkylation sites (N-methyl/N-ethyl adjacent to an activating group) is 1. The minimum absolute atomic E-state index is 0.0170. The van der Waals surface area contributed by atoms with E-state index >= 15 is 0 Å². The van der Waals surface area contributed by atoms with Crippen LogP contribution in [0.2, 0.25) is 0 Å². The van der Waals surface area contributed by atoms with Gasteiger partial charge in [-0.1, -0.05) is 277 Å². The number of nitrogens with zero attached hydrogens (tertiary/aromatic N) is 1. The van der Waals surface area contributed by atoms with Gasteiger partial charge in [-0.3, -0.25) is 14.2 Å². The zero-order valence-corrected chi connectivity index (χ0v) is 48.4. The maximum absolute atomic E-state index is 13.5. The monoisotopic (exact) mass is 1010 g/mol. The number of amides is 1. The van der Waals surface area contributed by atoms with Crippen molar-refractivity contribution in [3.63, 3.8) is 0 Å². The van der Waals surface area contributed by atoms with Crippen LogP contribution in [0.3, 0.4) is 0 Å². The molecule has 0 spiro atoms. The molecule has 3 atom stereocenters. The highest BCUT2D eigenvalue weighted by Crippen LogP contribution is 2.38. The maximum atomic E-state index is 13.5. The molecule has 70 heavy (non-hydrogen) atoms. The fraction of sp³-hybridized carbons (Fsp3) is 0.933. The van der Waals surface area contributed by atoms with E-state index in [4.69, 9.17) is 13.8 Å². The lowest BCUT2D eigenvalue weighted by molar-refractivity contribution is -0.870. The Morgan fingerprint density at radius 2 is 0.814 bits per heavy atom. The molecule has 0 bridgehead atoms. The number of phosphoric ester groups is 1. The molecular formula is C60H119N2O7P. The summed E-state index contributed by atoms with van der Waals surface area (Å²) in [5.74, 6) is -0.523. The molecule has 416 valence electrons. The zero-order chi connectivity index (χ0) is 51.5. The fourth-order valence-electron chi connectivity index (χ4n) is 9.23. The maximum Gasteiger partial charge on any atom is 0.306 e. The molecule has 0 aromatic heterocycles. The van der Waals surface area contributed by atoms with E-state index in [9.17, 15) is 19.0 Å². The second kappa shape index (κ2) is 51.2. The number of ether oxygens (including phenoxy) is 1. The molecule has 0 rings (SSSR count). The quantitative estimate of drug-likeness (QED) is 0.0212. The van der Waals surface area contributed by atoms with Gasteiger partial charge in [-0.2, -0.15) is 0 Å². The lowest BCUT2D eigenvalue weighted by Crippen LogP contribution is -2.47. The van der Waals surface area contributed by atoms with Gasteiger partial charge in [0.15, 0.2) is 0 Å². The van der Waals surface area contributed by atoms with E-state index in [0.717, 1.165) is 57.8 Å². The van der Waals surface area contributed by atoms with Crippen LogP contribution in [0.5, 0.6) is 0 Å². The van der Waals surface area contributed by atoms with E-state index < -0.39 is 20.0 Å². The molecule has 10 heteroatoms. The Bertz CT molecular complexity index is 1210. The molecule has 9 nitrogen and oxygen atoms in total. The van der Waals surface area contributed by atoms with Crippen molar-refractivity contribution in [3.05, 3.63) is 12.2 Å². The number of allylic oxidation sites excluding steroid dienone is 1. The van der Waals surface area contributed by atoms with Crippen LogP contribution in [0.25, 0.3) is 0 Å². The van der Waals surface area contributed by atoms with Crippen LogP contribution in [-0.2, 0) is 27.9 Å². The van der Waals surface area contributed by atoms with Crippen molar-refractivity contribution in [2.24, 2.45) is 0 Å². The predicted molar refractivity (Wildman–Crippen MR) is 298 cm³/mol. The van der Waals surface area contributed by atoms with Gasteiger partial charge in [0, 0.05) is 12.8 Å². The normalized spacial score (nSPS) is 13.8. The molecule has 0 aliphatic heterocycles. The molecular weight excluding hydrogens is 892 g/mol. The second-order valence-corrected chi connectivity index (χ2v) is 23.6. The predicted octanol–water partition coefficient (Wildman–Crippen LogP) is 17.8. The number of rotatable bonds is 56. The summed E-state index contributed by atoms with van der Waals surface area (Å²) in [4.78, 5) is 39.8. The molecule has 1 N–H and O–H groups in total. The molecule has 0 aliphatic rings. The van der Waals surface area contributed by atoms with Gasteiger partial charge in [0.2, 0.25) is 5.91 Å². The third-order valence-electron chi connectivity index (χ3n) is 14.0. The molecule has 3 unspecified atom stereocenters. The largest absolute Gasteiger partial charge is 0.756 e. The molecule has 0 fully saturated rings. The van der Waals surface area contributed by atoms with E-state index in [2.05, 4.69) is 26.1 Å². The highest BCUT2D eigenvalue weighted by molar-refractivity contribution is 7.45. The summed E-state index contributed by atoms with van der Waals surface area (Å²) in [5, 5.41) is 3.03. The molecule has 0 aromatic carbocycles. The first-order valence-electron chi connectivity index (χ1n) is 30.5. The highest BCUT2D eigenvalue weighted by atomic mass is 31.2. The molecule has 0 saturated heterocycles. The van der Waals surface area contributed by atoms with Gasteiger partial charge in [0.1, 0.15) is 19.3 Å². The van der Waals surface area contributed by atoms with E-state index in [1.807, 2.05) is 33.3 Å². The summed E-state index contributed by atoms with van der Waals surface area (Å²) < 4.78 is 30.3. The van der Waals surface area contributed by atoms with Gasteiger partial charge in [0.05, 0.1) is 33.8 Å². The van der Waals surface area contributed by atoms with E-state index in [0.29, 0.717) is 17.4 Å². The summed E-state index contributed by atoms with van der Waals surface area (Å²) in [6.45, 7) is 6.88. The molecule has 0 heterocycles. The van der Waals surface area contributed by atoms with Crippen molar-refractivity contribution in [2.75, 3.05) is 40.9 Å². The molecule has 0 aliphatic carbocycles. The van der Waals surface area contributed by atoms with Gasteiger partial charge in [0.25, 0.3) is 7.82 Å². The average Bonchev–Trinajstić information content (AvgIpc) is 3.32. The van der Waals surface area contributed by atoms with E-state index in [1.165, 1.54) is 218 Å². The van der Waals surface area contributed by atoms with Crippen LogP contribution in [0.15, 0.2) is 12.2 Å². The van der Waals surface area contributed by atoms with Crippen LogP contribution < -0.4 is 10.2 Å². The lowest BCUT2D eigenvalue weighted by Gasteiger charge is -2.30. The van der Waals surface area contributed by atoms with Crippen LogP contribution in [0, 0.1) is 0 Å². The number of carbonyl (C=O) groups excluding carboxylic acids is 2. The van der Waals surface area contributed by atoms with E-state index in [-0.39, 0.29) is 31.5 Å². The third kappa shape index (κ3) is 51.6. The van der Waals surface area contributed by atoms with Crippen molar-refractivity contribution >= 4 is 19.7 Å². The number of hydrogen-bond acceptors (Lipinski definition) is 7. The Morgan fingerprint density at radius 3 is 1.17 bits per heavy atom. The van der Waals surface area contributed by atoms with E-state index in [1.54, 1.807) is 0 Å². The van der Waals surface area contributed by atoms with Crippen molar-refractivity contribution in [3.8, 4) is 0 Å². The number of phosphoric acid groups is 1. The summed E-state index contributed by atoms with van der Waals surface area (Å²) in [6.07, 6.45) is 57.5. The standard InChI is InChI=1S/C60H119N2O7P/c1-7-10-13-16-19-22-25-27-28-29-30-31-32-33-34-35-38-40-43-46-49-52-59(63)61-57(56-68-70(65,66)67-55-54-62(4,5)6)58(51-48-45-42-39-37-26-23-20-17-14-11-8-2)69-60(64)53-50-47-44-41-36-24-21-18-15-12-9-3/h48,51,57-58H,7-47,49-50,52-56H2,1-6H3,(H-,61,63,65,66)/b51-48-. The first-order valence-corrected chi connectivity index (χ1v) is 32.0. The molecule has 0 aromatic rings. The fourth-order valence-corrected chi connectivity index (χ4v) is 9.95. The Morgan fingerprint density at radius 1 is 0.486 bits per heavy atom. The number of nitrogens with one attached hydrogen (secondary N) is 1. The Balaban J connectivity index is 5.13. The van der Waals surface area contributed by atoms with Crippen molar-refractivity contribution in [1.29, 1.82) is 0 Å². The van der Waals surface area contributed by atoms with Crippen LogP contribution in [0.4, 0.5) is 0 Å². The molecule has 0 radical (unpaired) electrons. The van der Waals surface area contributed by atoms with Crippen molar-refractivity contribution in [2.45, 2.75) is 322 Å². The summed E-state index contributed by atoms with van der Waals surface area (Å²) >= 11 is 0. The Kier molecular flexibility index (Phi) is 50.3. The summed E-state index contributed by atoms with van der Waals surface area (Å²) in [6, 6.07) is -0.878. The zero-order valence-electron chi connectivity index (χ0n) is 47.5. The van der Waals surface area contributed by atoms with Gasteiger partial charge < -0.3 is 28.5 Å². The van der Waals surface area contributed by atoms with Crippen LogP contribution >= 0.6 is 7.82 Å². The number of hydrogen-bond donors (Lipinski definition) is 1. The lowest BCUT2D eigenvalue weighted by atomic mass is 10.0. The van der Waals surface area contributed by atoms with Gasteiger partial charge in [-0.25, -0.2) is 0 Å². The number of esters is 1. The molecule has 1 amide bonds. The minimum atomic E-state index is -4.68. The molecule has 0 saturated carbocycles. The minimum Gasteiger partial charge on any atom is -0.756 e. The van der Waals surface area contributed by atoms with Gasteiger partial charge >= 0.3 is 5.97 Å². The number of unbranched alkanes of at least 4 members (excludes halogenated alkanes) is 40. The average molecular weight is 1010 g/mol. The topological polar surface area (TPSA) is 114 Å². The Labute approximate surface area is 435 Å². The highest BCUT2D eigenvalue weighted by Gasteiger charge is 2.27. The van der Waals surface area contributed by atoms with Crippen LogP contribution in [0.1, 0.15) is 310 Å². The summed E-state index contributed by atoms with van der Waals surface area (Å²) in [7, 11) is 1.20. The first kappa shape index (κ1) is 68.8.